The monoisotopic (exact) mass is 294 g/mol. The second-order valence-electron chi connectivity index (χ2n) is 8.06. The molecule has 3 nitrogen and oxygen atoms in total. The highest BCUT2D eigenvalue weighted by atomic mass is 16.2. The molecule has 1 amide bonds. The Labute approximate surface area is 130 Å². The fourth-order valence-electron chi connectivity index (χ4n) is 3.73. The average molecular weight is 294 g/mol. The zero-order valence-electron chi connectivity index (χ0n) is 14.3. The minimum absolute atomic E-state index is 0.235. The zero-order valence-corrected chi connectivity index (χ0v) is 14.3. The molecule has 1 saturated carbocycles. The fourth-order valence-corrected chi connectivity index (χ4v) is 3.73. The van der Waals surface area contributed by atoms with Crippen LogP contribution in [0.2, 0.25) is 0 Å². The maximum absolute atomic E-state index is 12.3. The molecule has 0 atom stereocenters. The first-order valence-corrected chi connectivity index (χ1v) is 8.99. The molecule has 2 aliphatic rings. The molecule has 0 spiro atoms. The number of nitrogens with zero attached hydrogens (tertiary/aromatic N) is 1. The number of nitrogens with one attached hydrogen (secondary N) is 1. The minimum Gasteiger partial charge on any atom is -0.342 e. The Hall–Kier alpha value is -0.570. The summed E-state index contributed by atoms with van der Waals surface area (Å²) in [5.74, 6) is 1.27. The number of hydrogen-bond donors (Lipinski definition) is 1. The van der Waals surface area contributed by atoms with Crippen molar-refractivity contribution >= 4 is 5.91 Å². The van der Waals surface area contributed by atoms with E-state index in [1.807, 2.05) is 20.8 Å². The van der Waals surface area contributed by atoms with Crippen LogP contribution in [-0.4, -0.2) is 36.5 Å². The van der Waals surface area contributed by atoms with E-state index in [1.165, 1.54) is 45.1 Å². The molecular weight excluding hydrogens is 260 g/mol. The molecule has 1 N–H and O–H groups in total. The zero-order chi connectivity index (χ0) is 15.3. The molecule has 1 aliphatic carbocycles. The molecule has 3 heteroatoms. The molecular formula is C18H34N2O. The molecule has 0 radical (unpaired) electrons. The first-order valence-electron chi connectivity index (χ1n) is 8.99. The summed E-state index contributed by atoms with van der Waals surface area (Å²) in [7, 11) is 0. The number of amides is 1. The van der Waals surface area contributed by atoms with Crippen molar-refractivity contribution in [1.29, 1.82) is 0 Å². The van der Waals surface area contributed by atoms with E-state index in [1.54, 1.807) is 0 Å². The van der Waals surface area contributed by atoms with E-state index >= 15 is 0 Å². The summed E-state index contributed by atoms with van der Waals surface area (Å²) >= 11 is 0. The maximum Gasteiger partial charge on any atom is 0.227 e. The lowest BCUT2D eigenvalue weighted by Gasteiger charge is -2.36. The number of carbonyl (C=O) groups is 1. The smallest absolute Gasteiger partial charge is 0.227 e. The van der Waals surface area contributed by atoms with Gasteiger partial charge in [-0.15, -0.1) is 0 Å². The topological polar surface area (TPSA) is 32.3 Å². The van der Waals surface area contributed by atoms with Crippen LogP contribution in [0.3, 0.4) is 0 Å². The summed E-state index contributed by atoms with van der Waals surface area (Å²) in [5.41, 5.74) is -0.235. The normalized spacial score (nSPS) is 22.5. The van der Waals surface area contributed by atoms with Gasteiger partial charge in [0.1, 0.15) is 0 Å². The number of hydrogen-bond acceptors (Lipinski definition) is 2. The van der Waals surface area contributed by atoms with Crippen LogP contribution in [0.25, 0.3) is 0 Å². The molecule has 0 aromatic rings. The van der Waals surface area contributed by atoms with Crippen molar-refractivity contribution in [2.24, 2.45) is 11.3 Å². The summed E-state index contributed by atoms with van der Waals surface area (Å²) in [5, 5.41) is 3.73. The Kier molecular flexibility index (Phi) is 6.09. The molecule has 0 aromatic heterocycles. The summed E-state index contributed by atoms with van der Waals surface area (Å²) < 4.78 is 0. The number of carbonyl (C=O) groups excluding carboxylic acids is 1. The predicted octanol–water partition coefficient (Wildman–Crippen LogP) is 3.58. The third-order valence-corrected chi connectivity index (χ3v) is 5.13. The summed E-state index contributed by atoms with van der Waals surface area (Å²) in [6.07, 6.45) is 10.8. The van der Waals surface area contributed by atoms with Crippen LogP contribution in [0.4, 0.5) is 0 Å². The van der Waals surface area contributed by atoms with Crippen molar-refractivity contribution in [3.8, 4) is 0 Å². The van der Waals surface area contributed by atoms with E-state index in [-0.39, 0.29) is 5.41 Å². The van der Waals surface area contributed by atoms with Crippen molar-refractivity contribution in [3.63, 3.8) is 0 Å². The van der Waals surface area contributed by atoms with Gasteiger partial charge >= 0.3 is 0 Å². The molecule has 1 aliphatic heterocycles. The van der Waals surface area contributed by atoms with Crippen molar-refractivity contribution in [2.45, 2.75) is 78.2 Å². The van der Waals surface area contributed by atoms with Gasteiger partial charge in [0.15, 0.2) is 0 Å². The first kappa shape index (κ1) is 16.8. The molecule has 0 bridgehead atoms. The Morgan fingerprint density at radius 2 is 1.67 bits per heavy atom. The van der Waals surface area contributed by atoms with Crippen LogP contribution >= 0.6 is 0 Å². The van der Waals surface area contributed by atoms with Gasteiger partial charge < -0.3 is 10.2 Å². The quantitative estimate of drug-likeness (QED) is 0.859. The van der Waals surface area contributed by atoms with Crippen molar-refractivity contribution in [1.82, 2.24) is 10.2 Å². The lowest BCUT2D eigenvalue weighted by Crippen LogP contribution is -2.48. The van der Waals surface area contributed by atoms with Gasteiger partial charge in [-0.05, 0) is 31.7 Å². The van der Waals surface area contributed by atoms with Gasteiger partial charge in [-0.2, -0.15) is 0 Å². The lowest BCUT2D eigenvalue weighted by atomic mass is 9.87. The molecule has 2 fully saturated rings. The molecule has 0 aromatic carbocycles. The van der Waals surface area contributed by atoms with Gasteiger partial charge in [0, 0.05) is 24.5 Å². The van der Waals surface area contributed by atoms with Gasteiger partial charge in [0.25, 0.3) is 0 Å². The Balaban J connectivity index is 1.61. The molecule has 1 heterocycles. The van der Waals surface area contributed by atoms with E-state index in [0.717, 1.165) is 31.8 Å². The van der Waals surface area contributed by atoms with Gasteiger partial charge in [-0.1, -0.05) is 52.9 Å². The first-order chi connectivity index (χ1) is 9.97. The largest absolute Gasteiger partial charge is 0.342 e. The van der Waals surface area contributed by atoms with E-state index in [2.05, 4.69) is 10.2 Å². The third-order valence-electron chi connectivity index (χ3n) is 5.13. The third kappa shape index (κ3) is 5.28. The predicted molar refractivity (Wildman–Crippen MR) is 88.3 cm³/mol. The second kappa shape index (κ2) is 7.62. The summed E-state index contributed by atoms with van der Waals surface area (Å²) in [6, 6.07) is 0.623. The SMILES string of the molecule is CC(C)(C)C(=O)N1CCC(NCCC2CCCCC2)CC1. The standard InChI is InChI=1S/C18H34N2O/c1-18(2,3)17(21)20-13-10-16(11-14-20)19-12-9-15-7-5-4-6-8-15/h15-16,19H,4-14H2,1-3H3. The molecule has 0 unspecified atom stereocenters. The number of rotatable bonds is 4. The highest BCUT2D eigenvalue weighted by molar-refractivity contribution is 5.81. The highest BCUT2D eigenvalue weighted by Gasteiger charge is 2.30. The van der Waals surface area contributed by atoms with Crippen molar-refractivity contribution < 1.29 is 4.79 Å². The van der Waals surface area contributed by atoms with E-state index in [4.69, 9.17) is 0 Å². The number of likely N-dealkylation sites (tertiary alicyclic amines) is 1. The number of piperidine rings is 1. The van der Waals surface area contributed by atoms with Crippen molar-refractivity contribution in [3.05, 3.63) is 0 Å². The summed E-state index contributed by atoms with van der Waals surface area (Å²) in [6.45, 7) is 9.08. The Morgan fingerprint density at radius 3 is 2.24 bits per heavy atom. The van der Waals surface area contributed by atoms with E-state index < -0.39 is 0 Å². The van der Waals surface area contributed by atoms with Crippen LogP contribution in [0.15, 0.2) is 0 Å². The van der Waals surface area contributed by atoms with E-state index in [0.29, 0.717) is 11.9 Å². The second-order valence-corrected chi connectivity index (χ2v) is 8.06. The van der Waals surface area contributed by atoms with Gasteiger partial charge in [0.2, 0.25) is 5.91 Å². The van der Waals surface area contributed by atoms with Crippen LogP contribution in [0.1, 0.15) is 72.1 Å². The highest BCUT2D eigenvalue weighted by Crippen LogP contribution is 2.26. The van der Waals surface area contributed by atoms with E-state index in [9.17, 15) is 4.79 Å². The molecule has 2 rings (SSSR count). The minimum atomic E-state index is -0.235. The lowest BCUT2D eigenvalue weighted by molar-refractivity contribution is -0.140. The van der Waals surface area contributed by atoms with Gasteiger partial charge in [-0.25, -0.2) is 0 Å². The maximum atomic E-state index is 12.3. The average Bonchev–Trinajstić information content (AvgIpc) is 2.47. The molecule has 1 saturated heterocycles. The molecule has 21 heavy (non-hydrogen) atoms. The Bertz CT molecular complexity index is 321. The van der Waals surface area contributed by atoms with Crippen LogP contribution < -0.4 is 5.32 Å². The summed E-state index contributed by atoms with van der Waals surface area (Å²) in [4.78, 5) is 14.3. The van der Waals surface area contributed by atoms with Gasteiger partial charge in [-0.3, -0.25) is 4.79 Å². The fraction of sp³-hybridized carbons (Fsp3) is 0.944. The Morgan fingerprint density at radius 1 is 1.05 bits per heavy atom. The van der Waals surface area contributed by atoms with Crippen LogP contribution in [0.5, 0.6) is 0 Å². The van der Waals surface area contributed by atoms with Crippen molar-refractivity contribution in [2.75, 3.05) is 19.6 Å². The van der Waals surface area contributed by atoms with Crippen LogP contribution in [-0.2, 0) is 4.79 Å². The molecule has 122 valence electrons. The van der Waals surface area contributed by atoms with Gasteiger partial charge in [0.05, 0.1) is 0 Å². The van der Waals surface area contributed by atoms with Crippen LogP contribution in [0, 0.1) is 11.3 Å².